The van der Waals surface area contributed by atoms with Crippen molar-refractivity contribution in [1.29, 1.82) is 10.5 Å². The number of nitrogens with one attached hydrogen (secondary N) is 1. The van der Waals surface area contributed by atoms with Crippen LogP contribution in [0.5, 0.6) is 5.75 Å². The maximum Gasteiger partial charge on any atom is 0.122 e. The van der Waals surface area contributed by atoms with E-state index < -0.39 is 0 Å². The number of benzene rings is 1. The van der Waals surface area contributed by atoms with Crippen LogP contribution in [0.4, 0.5) is 0 Å². The van der Waals surface area contributed by atoms with Crippen molar-refractivity contribution in [3.05, 3.63) is 29.8 Å². The lowest BCUT2D eigenvalue weighted by Gasteiger charge is -2.01. The number of ether oxygens (including phenoxy) is 1. The molecule has 0 unspecified atom stereocenters. The molecule has 0 fully saturated rings. The Bertz CT molecular complexity index is 347. The summed E-state index contributed by atoms with van der Waals surface area (Å²) in [5, 5.41) is 18.3. The molecule has 0 heterocycles. The van der Waals surface area contributed by atoms with E-state index >= 15 is 0 Å². The molecule has 4 nitrogen and oxygen atoms in total. The summed E-state index contributed by atoms with van der Waals surface area (Å²) in [5.41, 5.74) is 1.27. The van der Waals surface area contributed by atoms with E-state index in [1.165, 1.54) is 5.56 Å². The lowest BCUT2D eigenvalue weighted by Crippen LogP contribution is -2.04. The summed E-state index contributed by atoms with van der Waals surface area (Å²) in [6.07, 6.45) is 0. The van der Waals surface area contributed by atoms with Gasteiger partial charge >= 0.3 is 0 Å². The predicted molar refractivity (Wildman–Crippen MR) is 61.6 cm³/mol. The van der Waals surface area contributed by atoms with Gasteiger partial charge in [-0.2, -0.15) is 10.5 Å². The molecule has 0 atom stereocenters. The first kappa shape index (κ1) is 14.0. The smallest absolute Gasteiger partial charge is 0.122 e. The maximum absolute atomic E-state index is 7.59. The van der Waals surface area contributed by atoms with E-state index in [0.29, 0.717) is 0 Å². The predicted octanol–water partition coefficient (Wildman–Crippen LogP) is 1.84. The van der Waals surface area contributed by atoms with Crippen molar-refractivity contribution >= 4 is 0 Å². The van der Waals surface area contributed by atoms with Crippen LogP contribution >= 0.6 is 0 Å². The fourth-order valence-corrected chi connectivity index (χ4v) is 0.983. The molecular weight excluding hydrogens is 202 g/mol. The fourth-order valence-electron chi connectivity index (χ4n) is 0.983. The van der Waals surface area contributed by atoms with Crippen LogP contribution in [0.15, 0.2) is 24.3 Å². The second kappa shape index (κ2) is 9.51. The maximum atomic E-state index is 7.59. The summed E-state index contributed by atoms with van der Waals surface area (Å²) in [5.74, 6) is 0.907. The Kier molecular flexibility index (Phi) is 8.30. The molecule has 1 aromatic rings. The van der Waals surface area contributed by atoms with Gasteiger partial charge in [0.2, 0.25) is 0 Å². The molecule has 0 aliphatic heterocycles. The standard InChI is InChI=1S/C9H13NO.C3H2N2/c1-10-7-8-3-5-9(11-2)6-4-8;4-2-1-3-5/h3-6,10H,7H2,1-2H3;1H2. The zero-order chi connectivity index (χ0) is 12.2. The zero-order valence-corrected chi connectivity index (χ0v) is 9.53. The molecule has 0 bridgehead atoms. The molecule has 0 aliphatic carbocycles. The second-order valence-corrected chi connectivity index (χ2v) is 2.87. The van der Waals surface area contributed by atoms with E-state index in [1.54, 1.807) is 19.2 Å². The lowest BCUT2D eigenvalue weighted by atomic mass is 10.2. The molecule has 0 amide bonds. The van der Waals surface area contributed by atoms with E-state index in [2.05, 4.69) is 17.4 Å². The van der Waals surface area contributed by atoms with Crippen molar-refractivity contribution in [3.8, 4) is 17.9 Å². The average Bonchev–Trinajstić information content (AvgIpc) is 2.32. The topological polar surface area (TPSA) is 68.8 Å². The Morgan fingerprint density at radius 3 is 2.06 bits per heavy atom. The normalized spacial score (nSPS) is 8.00. The van der Waals surface area contributed by atoms with Crippen molar-refractivity contribution < 1.29 is 4.74 Å². The van der Waals surface area contributed by atoms with Crippen molar-refractivity contribution in [2.45, 2.75) is 13.0 Å². The van der Waals surface area contributed by atoms with Crippen LogP contribution in [0.3, 0.4) is 0 Å². The van der Waals surface area contributed by atoms with E-state index in [4.69, 9.17) is 15.3 Å². The first-order chi connectivity index (χ1) is 7.78. The minimum Gasteiger partial charge on any atom is -0.497 e. The van der Waals surface area contributed by atoms with Crippen molar-refractivity contribution in [2.75, 3.05) is 14.2 Å². The monoisotopic (exact) mass is 217 g/mol. The number of nitrogens with zero attached hydrogens (tertiary/aromatic N) is 2. The first-order valence-electron chi connectivity index (χ1n) is 4.80. The SMILES string of the molecule is CNCc1ccc(OC)cc1.N#CCC#N. The Hall–Kier alpha value is -2.04. The summed E-state index contributed by atoms with van der Waals surface area (Å²) < 4.78 is 5.03. The highest BCUT2D eigenvalue weighted by Gasteiger charge is 1.90. The van der Waals surface area contributed by atoms with E-state index in [1.807, 2.05) is 19.2 Å². The van der Waals surface area contributed by atoms with Gasteiger partial charge in [-0.25, -0.2) is 0 Å². The quantitative estimate of drug-likeness (QED) is 0.838. The van der Waals surface area contributed by atoms with Crippen LogP contribution in [0.2, 0.25) is 0 Å². The molecule has 1 rings (SSSR count). The number of hydrogen-bond acceptors (Lipinski definition) is 4. The molecule has 0 saturated heterocycles. The average molecular weight is 217 g/mol. The van der Waals surface area contributed by atoms with Crippen LogP contribution in [-0.2, 0) is 6.54 Å². The number of nitriles is 2. The fraction of sp³-hybridized carbons (Fsp3) is 0.333. The number of hydrogen-bond donors (Lipinski definition) is 1. The molecule has 1 aromatic carbocycles. The Balaban J connectivity index is 0.000000385. The molecular formula is C12H15N3O. The van der Waals surface area contributed by atoms with Crippen LogP contribution in [-0.4, -0.2) is 14.2 Å². The van der Waals surface area contributed by atoms with Gasteiger partial charge in [0, 0.05) is 6.54 Å². The van der Waals surface area contributed by atoms with Gasteiger partial charge in [-0.15, -0.1) is 0 Å². The third-order valence-corrected chi connectivity index (χ3v) is 1.70. The molecule has 0 aliphatic rings. The first-order valence-corrected chi connectivity index (χ1v) is 4.80. The number of methoxy groups -OCH3 is 1. The van der Waals surface area contributed by atoms with Gasteiger partial charge in [-0.1, -0.05) is 12.1 Å². The highest BCUT2D eigenvalue weighted by Crippen LogP contribution is 2.10. The molecule has 0 aromatic heterocycles. The molecule has 4 heteroatoms. The van der Waals surface area contributed by atoms with E-state index in [9.17, 15) is 0 Å². The third-order valence-electron chi connectivity index (χ3n) is 1.70. The van der Waals surface area contributed by atoms with Crippen LogP contribution in [0.25, 0.3) is 0 Å². The Morgan fingerprint density at radius 2 is 1.75 bits per heavy atom. The van der Waals surface area contributed by atoms with Gasteiger partial charge in [0.15, 0.2) is 0 Å². The molecule has 84 valence electrons. The minimum atomic E-state index is 0. The highest BCUT2D eigenvalue weighted by molar-refractivity contribution is 5.26. The van der Waals surface area contributed by atoms with Gasteiger partial charge in [0.05, 0.1) is 19.2 Å². The molecule has 1 N–H and O–H groups in total. The second-order valence-electron chi connectivity index (χ2n) is 2.87. The highest BCUT2D eigenvalue weighted by atomic mass is 16.5. The molecule has 16 heavy (non-hydrogen) atoms. The van der Waals surface area contributed by atoms with Crippen molar-refractivity contribution in [3.63, 3.8) is 0 Å². The summed E-state index contributed by atoms with van der Waals surface area (Å²) in [6, 6.07) is 11.3. The molecule has 0 spiro atoms. The van der Waals surface area contributed by atoms with Gasteiger partial charge in [0.1, 0.15) is 12.2 Å². The summed E-state index contributed by atoms with van der Waals surface area (Å²) in [4.78, 5) is 0. The van der Waals surface area contributed by atoms with Gasteiger partial charge in [-0.05, 0) is 24.7 Å². The van der Waals surface area contributed by atoms with Crippen LogP contribution < -0.4 is 10.1 Å². The molecule has 0 saturated carbocycles. The van der Waals surface area contributed by atoms with Crippen LogP contribution in [0, 0.1) is 22.7 Å². The third kappa shape index (κ3) is 6.42. The summed E-state index contributed by atoms with van der Waals surface area (Å²) in [7, 11) is 3.61. The number of rotatable bonds is 3. The van der Waals surface area contributed by atoms with Crippen molar-refractivity contribution in [2.24, 2.45) is 0 Å². The largest absolute Gasteiger partial charge is 0.497 e. The summed E-state index contributed by atoms with van der Waals surface area (Å²) in [6.45, 7) is 0.907. The van der Waals surface area contributed by atoms with Crippen molar-refractivity contribution in [1.82, 2.24) is 5.32 Å². The van der Waals surface area contributed by atoms with Gasteiger partial charge in [-0.3, -0.25) is 0 Å². The summed E-state index contributed by atoms with van der Waals surface area (Å²) >= 11 is 0. The van der Waals surface area contributed by atoms with E-state index in [0.717, 1.165) is 12.3 Å². The van der Waals surface area contributed by atoms with E-state index in [-0.39, 0.29) is 6.42 Å². The molecule has 0 radical (unpaired) electrons. The van der Waals surface area contributed by atoms with Crippen LogP contribution in [0.1, 0.15) is 12.0 Å². The van der Waals surface area contributed by atoms with Gasteiger partial charge < -0.3 is 10.1 Å². The lowest BCUT2D eigenvalue weighted by molar-refractivity contribution is 0.414. The Labute approximate surface area is 96.1 Å². The Morgan fingerprint density at radius 1 is 1.19 bits per heavy atom. The van der Waals surface area contributed by atoms with Gasteiger partial charge in [0.25, 0.3) is 0 Å². The zero-order valence-electron chi connectivity index (χ0n) is 9.53. The minimum absolute atomic E-state index is 0.